The van der Waals surface area contributed by atoms with E-state index in [0.29, 0.717) is 10.6 Å². The molecule has 0 aliphatic heterocycles. The standard InChI is InChI=1S/C24H21N3O2S2/c1-15-5-7-16(8-6-15)21-13-31-24(20(21)12-25)27-22(28)14-30-19-4-2-3-18(11-19)26-23(29)17-9-10-17/h2-8,11,13,17H,9-10,14H2,1H3,(H,26,29)(H,27,28). The van der Waals surface area contributed by atoms with Gasteiger partial charge in [-0.25, -0.2) is 0 Å². The highest BCUT2D eigenvalue weighted by Gasteiger charge is 2.29. The van der Waals surface area contributed by atoms with Gasteiger partial charge >= 0.3 is 0 Å². The van der Waals surface area contributed by atoms with Crippen LogP contribution in [0.3, 0.4) is 0 Å². The molecule has 0 spiro atoms. The minimum absolute atomic E-state index is 0.0611. The number of thiophene rings is 1. The van der Waals surface area contributed by atoms with Crippen molar-refractivity contribution < 1.29 is 9.59 Å². The Labute approximate surface area is 189 Å². The van der Waals surface area contributed by atoms with Crippen molar-refractivity contribution in [1.82, 2.24) is 0 Å². The van der Waals surface area contributed by atoms with Gasteiger partial charge in [0.05, 0.1) is 11.3 Å². The number of hydrogen-bond acceptors (Lipinski definition) is 5. The zero-order valence-electron chi connectivity index (χ0n) is 17.0. The maximum atomic E-state index is 12.5. The van der Waals surface area contributed by atoms with E-state index in [2.05, 4.69) is 16.7 Å². The number of hydrogen-bond donors (Lipinski definition) is 2. The second-order valence-corrected chi connectivity index (χ2v) is 9.39. The Morgan fingerprint density at radius 3 is 2.65 bits per heavy atom. The molecule has 0 bridgehead atoms. The predicted octanol–water partition coefficient (Wildman–Crippen LogP) is 5.67. The Morgan fingerprint density at radius 1 is 1.16 bits per heavy atom. The topological polar surface area (TPSA) is 82.0 Å². The molecule has 7 heteroatoms. The fourth-order valence-corrected chi connectivity index (χ4v) is 4.76. The lowest BCUT2D eigenvalue weighted by atomic mass is 10.0. The lowest BCUT2D eigenvalue weighted by Gasteiger charge is -2.07. The highest BCUT2D eigenvalue weighted by atomic mass is 32.2. The van der Waals surface area contributed by atoms with Crippen LogP contribution in [-0.2, 0) is 9.59 Å². The van der Waals surface area contributed by atoms with E-state index >= 15 is 0 Å². The van der Waals surface area contributed by atoms with Crippen LogP contribution in [0.15, 0.2) is 58.8 Å². The smallest absolute Gasteiger partial charge is 0.235 e. The van der Waals surface area contributed by atoms with E-state index in [0.717, 1.165) is 40.1 Å². The minimum atomic E-state index is -0.175. The molecule has 1 saturated carbocycles. The van der Waals surface area contributed by atoms with E-state index in [4.69, 9.17) is 0 Å². The first-order valence-corrected chi connectivity index (χ1v) is 11.8. The number of anilines is 2. The molecule has 3 aromatic rings. The number of nitrogens with one attached hydrogen (secondary N) is 2. The van der Waals surface area contributed by atoms with Gasteiger partial charge in [0, 0.05) is 27.4 Å². The number of carbonyl (C=O) groups is 2. The van der Waals surface area contributed by atoms with E-state index in [1.165, 1.54) is 23.1 Å². The maximum Gasteiger partial charge on any atom is 0.235 e. The van der Waals surface area contributed by atoms with Crippen molar-refractivity contribution >= 4 is 45.6 Å². The Morgan fingerprint density at radius 2 is 1.94 bits per heavy atom. The largest absolute Gasteiger partial charge is 0.326 e. The van der Waals surface area contributed by atoms with Gasteiger partial charge in [-0.15, -0.1) is 23.1 Å². The summed E-state index contributed by atoms with van der Waals surface area (Å²) in [5.41, 5.74) is 4.17. The van der Waals surface area contributed by atoms with Crippen molar-refractivity contribution in [3.8, 4) is 17.2 Å². The van der Waals surface area contributed by atoms with Gasteiger partial charge in [-0.05, 0) is 43.5 Å². The minimum Gasteiger partial charge on any atom is -0.326 e. The molecule has 5 nitrogen and oxygen atoms in total. The van der Waals surface area contributed by atoms with Gasteiger partial charge in [0.2, 0.25) is 11.8 Å². The van der Waals surface area contributed by atoms with Crippen LogP contribution in [0, 0.1) is 24.2 Å². The Balaban J connectivity index is 1.37. The number of thioether (sulfide) groups is 1. The summed E-state index contributed by atoms with van der Waals surface area (Å²) >= 11 is 2.75. The first kappa shape index (κ1) is 21.2. The average Bonchev–Trinajstić information content (AvgIpc) is 3.55. The quantitative estimate of drug-likeness (QED) is 0.457. The van der Waals surface area contributed by atoms with Gasteiger partial charge < -0.3 is 10.6 Å². The van der Waals surface area contributed by atoms with Gasteiger partial charge in [0.15, 0.2) is 0 Å². The van der Waals surface area contributed by atoms with Crippen LogP contribution in [0.5, 0.6) is 0 Å². The van der Waals surface area contributed by atoms with Crippen molar-refractivity contribution in [1.29, 1.82) is 5.26 Å². The number of rotatable bonds is 7. The summed E-state index contributed by atoms with van der Waals surface area (Å²) in [5.74, 6) is 0.243. The molecule has 0 atom stereocenters. The van der Waals surface area contributed by atoms with Crippen molar-refractivity contribution in [3.05, 3.63) is 65.0 Å². The van der Waals surface area contributed by atoms with Crippen LogP contribution < -0.4 is 10.6 Å². The van der Waals surface area contributed by atoms with Crippen LogP contribution in [-0.4, -0.2) is 17.6 Å². The number of nitrogens with zero attached hydrogens (tertiary/aromatic N) is 1. The third-order valence-electron chi connectivity index (χ3n) is 4.94. The molecular weight excluding hydrogens is 426 g/mol. The van der Waals surface area contributed by atoms with Crippen LogP contribution in [0.2, 0.25) is 0 Å². The second-order valence-electron chi connectivity index (χ2n) is 7.46. The molecule has 1 fully saturated rings. The molecule has 0 unspecified atom stereocenters. The number of aryl methyl sites for hydroxylation is 1. The first-order valence-electron chi connectivity index (χ1n) is 9.95. The Bertz CT molecular complexity index is 1160. The summed E-state index contributed by atoms with van der Waals surface area (Å²) in [6.07, 6.45) is 1.92. The summed E-state index contributed by atoms with van der Waals surface area (Å²) in [5, 5.41) is 17.9. The molecule has 156 valence electrons. The van der Waals surface area contributed by atoms with Crippen molar-refractivity contribution in [2.75, 3.05) is 16.4 Å². The molecule has 1 aromatic heterocycles. The molecule has 0 radical (unpaired) electrons. The Hall–Kier alpha value is -3.08. The third kappa shape index (κ3) is 5.35. The fourth-order valence-electron chi connectivity index (χ4n) is 3.07. The van der Waals surface area contributed by atoms with E-state index < -0.39 is 0 Å². The van der Waals surface area contributed by atoms with E-state index in [1.807, 2.05) is 60.8 Å². The maximum absolute atomic E-state index is 12.5. The lowest BCUT2D eigenvalue weighted by molar-refractivity contribution is -0.117. The molecule has 2 aromatic carbocycles. The molecule has 2 amide bonds. The fraction of sp³-hybridized carbons (Fsp3) is 0.208. The van der Waals surface area contributed by atoms with Crippen molar-refractivity contribution in [2.45, 2.75) is 24.7 Å². The number of benzene rings is 2. The molecule has 1 aliphatic rings. The van der Waals surface area contributed by atoms with Crippen LogP contribution in [0.4, 0.5) is 10.7 Å². The molecular formula is C24H21N3O2S2. The zero-order chi connectivity index (χ0) is 21.8. The summed E-state index contributed by atoms with van der Waals surface area (Å²) in [6, 6.07) is 17.7. The summed E-state index contributed by atoms with van der Waals surface area (Å²) in [7, 11) is 0. The molecule has 2 N–H and O–H groups in total. The second kappa shape index (κ2) is 9.38. The number of carbonyl (C=O) groups excluding carboxylic acids is 2. The van der Waals surface area contributed by atoms with E-state index in [-0.39, 0.29) is 23.5 Å². The van der Waals surface area contributed by atoms with Crippen LogP contribution in [0.25, 0.3) is 11.1 Å². The normalized spacial score (nSPS) is 12.8. The van der Waals surface area contributed by atoms with Crippen molar-refractivity contribution in [2.24, 2.45) is 5.92 Å². The van der Waals surface area contributed by atoms with E-state index in [1.54, 1.807) is 0 Å². The van der Waals surface area contributed by atoms with Gasteiger partial charge in [0.1, 0.15) is 11.1 Å². The van der Waals surface area contributed by atoms with Crippen LogP contribution in [0.1, 0.15) is 24.0 Å². The number of amides is 2. The van der Waals surface area contributed by atoms with Gasteiger partial charge in [-0.2, -0.15) is 5.26 Å². The summed E-state index contributed by atoms with van der Waals surface area (Å²) in [4.78, 5) is 25.3. The predicted molar refractivity (Wildman–Crippen MR) is 126 cm³/mol. The third-order valence-corrected chi connectivity index (χ3v) is 6.83. The van der Waals surface area contributed by atoms with E-state index in [9.17, 15) is 14.9 Å². The molecule has 31 heavy (non-hydrogen) atoms. The number of nitriles is 1. The molecule has 1 aliphatic carbocycles. The highest BCUT2D eigenvalue weighted by molar-refractivity contribution is 8.00. The zero-order valence-corrected chi connectivity index (χ0v) is 18.6. The monoisotopic (exact) mass is 447 g/mol. The van der Waals surface area contributed by atoms with Gasteiger partial charge in [-0.3, -0.25) is 9.59 Å². The average molecular weight is 448 g/mol. The summed E-state index contributed by atoms with van der Waals surface area (Å²) < 4.78 is 0. The lowest BCUT2D eigenvalue weighted by Crippen LogP contribution is -2.14. The molecule has 0 saturated heterocycles. The summed E-state index contributed by atoms with van der Waals surface area (Å²) in [6.45, 7) is 2.02. The van der Waals surface area contributed by atoms with Gasteiger partial charge in [-0.1, -0.05) is 35.9 Å². The van der Waals surface area contributed by atoms with Gasteiger partial charge in [0.25, 0.3) is 0 Å². The SMILES string of the molecule is Cc1ccc(-c2csc(NC(=O)CSc3cccc(NC(=O)C4CC4)c3)c2C#N)cc1. The molecule has 1 heterocycles. The molecule has 4 rings (SSSR count). The highest BCUT2D eigenvalue weighted by Crippen LogP contribution is 2.35. The first-order chi connectivity index (χ1) is 15.0. The Kier molecular flexibility index (Phi) is 6.40. The van der Waals surface area contributed by atoms with Crippen LogP contribution >= 0.6 is 23.1 Å². The van der Waals surface area contributed by atoms with Crippen molar-refractivity contribution in [3.63, 3.8) is 0 Å².